The number of hydrogen-bond acceptors (Lipinski definition) is 4. The number of oxazole rings is 1. The van der Waals surface area contributed by atoms with Crippen LogP contribution in [0.2, 0.25) is 10.0 Å². The van der Waals surface area contributed by atoms with Gasteiger partial charge in [-0.05, 0) is 18.2 Å². The van der Waals surface area contributed by atoms with E-state index in [2.05, 4.69) is 9.72 Å². The lowest BCUT2D eigenvalue weighted by atomic mass is 10.2. The summed E-state index contributed by atoms with van der Waals surface area (Å²) in [5.74, 6) is -0.263. The second-order valence-corrected chi connectivity index (χ2v) is 3.96. The molecule has 6 heteroatoms. The fourth-order valence-electron chi connectivity index (χ4n) is 1.23. The lowest BCUT2D eigenvalue weighted by Gasteiger charge is -1.98. The molecule has 0 radical (unpaired) electrons. The molecule has 88 valence electrons. The van der Waals surface area contributed by atoms with Crippen LogP contribution in [-0.4, -0.2) is 18.1 Å². The van der Waals surface area contributed by atoms with Gasteiger partial charge in [0.15, 0.2) is 0 Å². The van der Waals surface area contributed by atoms with E-state index in [4.69, 9.17) is 27.6 Å². The Morgan fingerprint density at radius 3 is 2.76 bits per heavy atom. The number of methoxy groups -OCH3 is 1. The van der Waals surface area contributed by atoms with Crippen LogP contribution in [0.25, 0.3) is 11.5 Å². The summed E-state index contributed by atoms with van der Waals surface area (Å²) in [6.45, 7) is 0. The Morgan fingerprint density at radius 1 is 1.35 bits per heavy atom. The highest BCUT2D eigenvalue weighted by atomic mass is 35.5. The molecule has 2 aromatic rings. The first-order chi connectivity index (χ1) is 8.11. The first-order valence-electron chi connectivity index (χ1n) is 4.61. The van der Waals surface area contributed by atoms with Crippen molar-refractivity contribution < 1.29 is 13.9 Å². The summed E-state index contributed by atoms with van der Waals surface area (Å²) in [6.07, 6.45) is 1.30. The molecule has 17 heavy (non-hydrogen) atoms. The average Bonchev–Trinajstić information content (AvgIpc) is 2.81. The van der Waals surface area contributed by atoms with E-state index in [1.54, 1.807) is 18.2 Å². The van der Waals surface area contributed by atoms with Crippen molar-refractivity contribution in [1.29, 1.82) is 0 Å². The summed E-state index contributed by atoms with van der Waals surface area (Å²) in [4.78, 5) is 15.1. The van der Waals surface area contributed by atoms with Crippen LogP contribution in [0.3, 0.4) is 0 Å². The minimum absolute atomic E-state index is 0.0357. The molecule has 0 aliphatic rings. The van der Waals surface area contributed by atoms with E-state index in [9.17, 15) is 4.79 Å². The molecule has 0 spiro atoms. The molecule has 0 aliphatic carbocycles. The number of hydrogen-bond donors (Lipinski definition) is 0. The van der Waals surface area contributed by atoms with Gasteiger partial charge in [0.1, 0.15) is 0 Å². The maximum atomic E-state index is 11.2. The number of ether oxygens (including phenoxy) is 1. The molecule has 0 saturated heterocycles. The van der Waals surface area contributed by atoms with Gasteiger partial charge < -0.3 is 9.15 Å². The van der Waals surface area contributed by atoms with Crippen molar-refractivity contribution >= 4 is 29.2 Å². The molecule has 0 atom stereocenters. The number of esters is 1. The van der Waals surface area contributed by atoms with Gasteiger partial charge in [0.05, 0.1) is 23.4 Å². The lowest BCUT2D eigenvalue weighted by Crippen LogP contribution is -1.98. The summed E-state index contributed by atoms with van der Waals surface area (Å²) < 4.78 is 9.74. The van der Waals surface area contributed by atoms with Crippen molar-refractivity contribution in [2.45, 2.75) is 0 Å². The Balaban J connectivity index is 2.37. The van der Waals surface area contributed by atoms with E-state index >= 15 is 0 Å². The molecule has 1 aromatic heterocycles. The lowest BCUT2D eigenvalue weighted by molar-refractivity contribution is 0.0566. The molecule has 0 fully saturated rings. The number of benzene rings is 1. The van der Waals surface area contributed by atoms with E-state index < -0.39 is 5.97 Å². The standard InChI is InChI=1S/C11H7Cl2NO3/c1-16-11(15)9-5-14-10(17-9)6-2-3-7(12)8(13)4-6/h2-5H,1H3. The minimum Gasteiger partial charge on any atom is -0.463 e. The van der Waals surface area contributed by atoms with Crippen LogP contribution in [-0.2, 0) is 4.74 Å². The van der Waals surface area contributed by atoms with Gasteiger partial charge in [-0.1, -0.05) is 23.2 Å². The third kappa shape index (κ3) is 2.43. The summed E-state index contributed by atoms with van der Waals surface area (Å²) in [7, 11) is 1.27. The second-order valence-electron chi connectivity index (χ2n) is 3.15. The maximum absolute atomic E-state index is 11.2. The van der Waals surface area contributed by atoms with Gasteiger partial charge in [0.2, 0.25) is 11.7 Å². The SMILES string of the molecule is COC(=O)c1cnc(-c2ccc(Cl)c(Cl)c2)o1. The Labute approximate surface area is 107 Å². The third-order valence-corrected chi connectivity index (χ3v) is 2.80. The second kappa shape index (κ2) is 4.77. The Hall–Kier alpha value is -1.52. The number of carbonyl (C=O) groups excluding carboxylic acids is 1. The number of nitrogens with zero attached hydrogens (tertiary/aromatic N) is 1. The van der Waals surface area contributed by atoms with E-state index in [0.717, 1.165) is 0 Å². The zero-order chi connectivity index (χ0) is 12.4. The predicted molar refractivity (Wildman–Crippen MR) is 63.3 cm³/mol. The summed E-state index contributed by atoms with van der Waals surface area (Å²) in [6, 6.07) is 4.93. The van der Waals surface area contributed by atoms with Crippen LogP contribution >= 0.6 is 23.2 Å². The molecule has 2 rings (SSSR count). The fraction of sp³-hybridized carbons (Fsp3) is 0.0909. The van der Waals surface area contributed by atoms with Crippen LogP contribution in [0.15, 0.2) is 28.8 Å². The van der Waals surface area contributed by atoms with Gasteiger partial charge in [-0.2, -0.15) is 0 Å². The zero-order valence-electron chi connectivity index (χ0n) is 8.74. The van der Waals surface area contributed by atoms with Crippen molar-refractivity contribution in [2.75, 3.05) is 7.11 Å². The number of carbonyl (C=O) groups is 1. The smallest absolute Gasteiger partial charge is 0.375 e. The van der Waals surface area contributed by atoms with Crippen LogP contribution < -0.4 is 0 Å². The fourth-order valence-corrected chi connectivity index (χ4v) is 1.53. The molecule has 0 amide bonds. The van der Waals surface area contributed by atoms with Gasteiger partial charge >= 0.3 is 5.97 Å². The summed E-state index contributed by atoms with van der Waals surface area (Å²) in [5.41, 5.74) is 0.634. The Morgan fingerprint density at radius 2 is 2.12 bits per heavy atom. The number of rotatable bonds is 2. The minimum atomic E-state index is -0.580. The van der Waals surface area contributed by atoms with Gasteiger partial charge in [0.25, 0.3) is 0 Å². The molecule has 1 aromatic carbocycles. The average molecular weight is 272 g/mol. The summed E-state index contributed by atoms with van der Waals surface area (Å²) >= 11 is 11.7. The molecule has 4 nitrogen and oxygen atoms in total. The first kappa shape index (κ1) is 12.0. The van der Waals surface area contributed by atoms with Gasteiger partial charge in [0, 0.05) is 5.56 Å². The number of halogens is 2. The van der Waals surface area contributed by atoms with Crippen molar-refractivity contribution in [3.63, 3.8) is 0 Å². The van der Waals surface area contributed by atoms with E-state index in [-0.39, 0.29) is 11.7 Å². The molecule has 0 saturated carbocycles. The van der Waals surface area contributed by atoms with Crippen molar-refractivity contribution in [1.82, 2.24) is 4.98 Å². The molecule has 0 N–H and O–H groups in total. The Kier molecular flexibility index (Phi) is 3.36. The third-order valence-electron chi connectivity index (χ3n) is 2.06. The zero-order valence-corrected chi connectivity index (χ0v) is 10.2. The molecule has 0 unspecified atom stereocenters. The quantitative estimate of drug-likeness (QED) is 0.786. The van der Waals surface area contributed by atoms with Crippen LogP contribution in [0.5, 0.6) is 0 Å². The van der Waals surface area contributed by atoms with Crippen molar-refractivity contribution in [2.24, 2.45) is 0 Å². The van der Waals surface area contributed by atoms with E-state index in [1.165, 1.54) is 13.3 Å². The van der Waals surface area contributed by atoms with Gasteiger partial charge in [-0.15, -0.1) is 0 Å². The molecular formula is C11H7Cl2NO3. The largest absolute Gasteiger partial charge is 0.463 e. The van der Waals surface area contributed by atoms with Gasteiger partial charge in [-0.3, -0.25) is 0 Å². The van der Waals surface area contributed by atoms with E-state index in [0.29, 0.717) is 15.6 Å². The van der Waals surface area contributed by atoms with Crippen LogP contribution in [0.4, 0.5) is 0 Å². The highest BCUT2D eigenvalue weighted by Gasteiger charge is 2.14. The van der Waals surface area contributed by atoms with Crippen molar-refractivity contribution in [3.05, 3.63) is 40.2 Å². The monoisotopic (exact) mass is 271 g/mol. The molecular weight excluding hydrogens is 265 g/mol. The maximum Gasteiger partial charge on any atom is 0.375 e. The van der Waals surface area contributed by atoms with Crippen LogP contribution in [0.1, 0.15) is 10.6 Å². The number of aromatic nitrogens is 1. The highest BCUT2D eigenvalue weighted by molar-refractivity contribution is 6.42. The van der Waals surface area contributed by atoms with Crippen molar-refractivity contribution in [3.8, 4) is 11.5 Å². The first-order valence-corrected chi connectivity index (χ1v) is 5.37. The Bertz CT molecular complexity index is 566. The molecule has 1 heterocycles. The predicted octanol–water partition coefficient (Wildman–Crippen LogP) is 3.44. The van der Waals surface area contributed by atoms with Gasteiger partial charge in [-0.25, -0.2) is 9.78 Å². The highest BCUT2D eigenvalue weighted by Crippen LogP contribution is 2.28. The van der Waals surface area contributed by atoms with E-state index in [1.807, 2.05) is 0 Å². The topological polar surface area (TPSA) is 52.3 Å². The normalized spacial score (nSPS) is 10.3. The summed E-state index contributed by atoms with van der Waals surface area (Å²) in [5, 5.41) is 0.831. The van der Waals surface area contributed by atoms with Crippen LogP contribution in [0, 0.1) is 0 Å². The molecule has 0 bridgehead atoms. The molecule has 0 aliphatic heterocycles.